The zero-order valence-electron chi connectivity index (χ0n) is 19.5. The van der Waals surface area contributed by atoms with Crippen LogP contribution in [0.4, 0.5) is 4.79 Å². The van der Waals surface area contributed by atoms with E-state index in [2.05, 4.69) is 0 Å². The fourth-order valence-electron chi connectivity index (χ4n) is 3.37. The van der Waals surface area contributed by atoms with Gasteiger partial charge >= 0.3 is 5.97 Å². The second-order valence-corrected chi connectivity index (χ2v) is 9.17. The Morgan fingerprint density at radius 1 is 1.03 bits per heavy atom. The van der Waals surface area contributed by atoms with Crippen LogP contribution in [0.1, 0.15) is 21.5 Å². The third-order valence-corrected chi connectivity index (χ3v) is 6.50. The fraction of sp³-hybridized carbons (Fsp3) is 0.148. The van der Waals surface area contributed by atoms with Gasteiger partial charge in [-0.15, -0.1) is 0 Å². The average molecular weight is 524 g/mol. The standard InChI is InChI=1S/C27H22ClNO6S/c1-17-7-10-19(11-8-17)34-14-13-29-25(30)24(36-27(29)32)16-18-9-12-22(23(15-18)33-2)35-26(31)20-5-3-4-6-21(20)28/h3-12,15-16H,13-14H2,1-2H3/b24-16-. The Balaban J connectivity index is 1.43. The topological polar surface area (TPSA) is 82.1 Å². The highest BCUT2D eigenvalue weighted by Gasteiger charge is 2.34. The molecule has 184 valence electrons. The van der Waals surface area contributed by atoms with Crippen molar-refractivity contribution in [3.05, 3.63) is 93.3 Å². The van der Waals surface area contributed by atoms with Gasteiger partial charge in [0.1, 0.15) is 12.4 Å². The first-order valence-electron chi connectivity index (χ1n) is 11.0. The normalized spacial score (nSPS) is 14.3. The van der Waals surface area contributed by atoms with Crippen molar-refractivity contribution in [1.82, 2.24) is 4.90 Å². The average Bonchev–Trinajstić information content (AvgIpc) is 3.13. The summed E-state index contributed by atoms with van der Waals surface area (Å²) in [5.74, 6) is 0.132. The first kappa shape index (κ1) is 25.3. The van der Waals surface area contributed by atoms with Gasteiger partial charge in [-0.05, 0) is 66.7 Å². The van der Waals surface area contributed by atoms with E-state index >= 15 is 0 Å². The molecule has 3 aromatic carbocycles. The summed E-state index contributed by atoms with van der Waals surface area (Å²) in [6, 6.07) is 18.9. The van der Waals surface area contributed by atoms with Crippen LogP contribution < -0.4 is 14.2 Å². The second kappa shape index (κ2) is 11.3. The molecule has 1 fully saturated rings. The van der Waals surface area contributed by atoms with Crippen molar-refractivity contribution in [3.63, 3.8) is 0 Å². The molecule has 0 atom stereocenters. The molecule has 0 bridgehead atoms. The van der Waals surface area contributed by atoms with Crippen LogP contribution in [0.2, 0.25) is 5.02 Å². The summed E-state index contributed by atoms with van der Waals surface area (Å²) < 4.78 is 16.5. The zero-order chi connectivity index (χ0) is 25.7. The molecular formula is C27H22ClNO6S. The molecule has 7 nitrogen and oxygen atoms in total. The maximum absolute atomic E-state index is 12.8. The highest BCUT2D eigenvalue weighted by Crippen LogP contribution is 2.35. The predicted molar refractivity (Wildman–Crippen MR) is 139 cm³/mol. The number of aryl methyl sites for hydroxylation is 1. The fourth-order valence-corrected chi connectivity index (χ4v) is 4.45. The number of amides is 2. The number of thioether (sulfide) groups is 1. The third-order valence-electron chi connectivity index (χ3n) is 5.26. The Bertz CT molecular complexity index is 1340. The van der Waals surface area contributed by atoms with Gasteiger partial charge in [0.25, 0.3) is 11.1 Å². The second-order valence-electron chi connectivity index (χ2n) is 7.77. The maximum Gasteiger partial charge on any atom is 0.345 e. The monoisotopic (exact) mass is 523 g/mol. The van der Waals surface area contributed by atoms with E-state index in [-0.39, 0.29) is 45.4 Å². The van der Waals surface area contributed by atoms with E-state index in [4.69, 9.17) is 25.8 Å². The van der Waals surface area contributed by atoms with Crippen molar-refractivity contribution in [3.8, 4) is 17.2 Å². The largest absolute Gasteiger partial charge is 0.493 e. The molecular weight excluding hydrogens is 502 g/mol. The Morgan fingerprint density at radius 2 is 1.78 bits per heavy atom. The minimum atomic E-state index is -0.624. The molecule has 9 heteroatoms. The smallest absolute Gasteiger partial charge is 0.345 e. The molecule has 3 aromatic rings. The Morgan fingerprint density at radius 3 is 2.50 bits per heavy atom. The third kappa shape index (κ3) is 5.90. The number of carbonyl (C=O) groups is 3. The number of ether oxygens (including phenoxy) is 3. The van der Waals surface area contributed by atoms with Gasteiger partial charge in [0.05, 0.1) is 29.1 Å². The van der Waals surface area contributed by atoms with Crippen molar-refractivity contribution < 1.29 is 28.6 Å². The Kier molecular flexibility index (Phi) is 7.97. The van der Waals surface area contributed by atoms with Crippen LogP contribution in [0, 0.1) is 6.92 Å². The lowest BCUT2D eigenvalue weighted by Crippen LogP contribution is -2.32. The van der Waals surface area contributed by atoms with Gasteiger partial charge in [-0.2, -0.15) is 0 Å². The first-order chi connectivity index (χ1) is 17.4. The molecule has 0 radical (unpaired) electrons. The van der Waals surface area contributed by atoms with Crippen LogP contribution in [0.15, 0.2) is 71.6 Å². The Labute approximate surface area is 217 Å². The lowest BCUT2D eigenvalue weighted by Gasteiger charge is -2.13. The summed E-state index contributed by atoms with van der Waals surface area (Å²) in [6.07, 6.45) is 1.59. The van der Waals surface area contributed by atoms with Crippen LogP contribution >= 0.6 is 23.4 Å². The number of carbonyl (C=O) groups excluding carboxylic acids is 3. The Hall–Kier alpha value is -3.75. The van der Waals surface area contributed by atoms with E-state index in [0.29, 0.717) is 11.3 Å². The number of hydrogen-bond donors (Lipinski definition) is 0. The minimum Gasteiger partial charge on any atom is -0.493 e. The molecule has 2 amide bonds. The molecule has 4 rings (SSSR count). The van der Waals surface area contributed by atoms with E-state index in [0.717, 1.165) is 22.2 Å². The van der Waals surface area contributed by atoms with Gasteiger partial charge in [-0.25, -0.2) is 4.79 Å². The van der Waals surface area contributed by atoms with E-state index in [1.165, 1.54) is 7.11 Å². The number of benzene rings is 3. The summed E-state index contributed by atoms with van der Waals surface area (Å²) in [5.41, 5.74) is 1.94. The van der Waals surface area contributed by atoms with Crippen LogP contribution in [-0.2, 0) is 4.79 Å². The van der Waals surface area contributed by atoms with Crippen molar-refractivity contribution in [1.29, 1.82) is 0 Å². The van der Waals surface area contributed by atoms with Crippen LogP contribution in [0.5, 0.6) is 17.2 Å². The van der Waals surface area contributed by atoms with Gasteiger partial charge in [0.2, 0.25) is 0 Å². The van der Waals surface area contributed by atoms with Gasteiger partial charge in [-0.1, -0.05) is 47.5 Å². The summed E-state index contributed by atoms with van der Waals surface area (Å²) in [6.45, 7) is 2.30. The summed E-state index contributed by atoms with van der Waals surface area (Å²) in [7, 11) is 1.44. The number of rotatable bonds is 8. The van der Waals surface area contributed by atoms with E-state index in [9.17, 15) is 14.4 Å². The van der Waals surface area contributed by atoms with Crippen LogP contribution in [-0.4, -0.2) is 42.3 Å². The number of esters is 1. The van der Waals surface area contributed by atoms with Gasteiger partial charge in [0, 0.05) is 0 Å². The quantitative estimate of drug-likeness (QED) is 0.204. The van der Waals surface area contributed by atoms with Crippen molar-refractivity contribution in [2.45, 2.75) is 6.92 Å². The number of imide groups is 1. The number of halogens is 1. The molecule has 0 unspecified atom stereocenters. The molecule has 0 N–H and O–H groups in total. The van der Waals surface area contributed by atoms with Crippen molar-refractivity contribution in [2.75, 3.05) is 20.3 Å². The van der Waals surface area contributed by atoms with Gasteiger partial charge in [-0.3, -0.25) is 14.5 Å². The number of hydrogen-bond acceptors (Lipinski definition) is 7. The number of methoxy groups -OCH3 is 1. The van der Waals surface area contributed by atoms with Crippen molar-refractivity contribution >= 4 is 46.6 Å². The number of nitrogens with zero attached hydrogens (tertiary/aromatic N) is 1. The van der Waals surface area contributed by atoms with Crippen LogP contribution in [0.25, 0.3) is 6.08 Å². The molecule has 36 heavy (non-hydrogen) atoms. The zero-order valence-corrected chi connectivity index (χ0v) is 21.1. The predicted octanol–water partition coefficient (Wildman–Crippen LogP) is 5.99. The molecule has 0 aromatic heterocycles. The summed E-state index contributed by atoms with van der Waals surface area (Å²) >= 11 is 6.93. The van der Waals surface area contributed by atoms with E-state index < -0.39 is 11.9 Å². The van der Waals surface area contributed by atoms with E-state index in [1.54, 1.807) is 48.5 Å². The summed E-state index contributed by atoms with van der Waals surface area (Å²) in [4.78, 5) is 39.2. The molecule has 1 saturated heterocycles. The summed E-state index contributed by atoms with van der Waals surface area (Å²) in [5, 5.41) is -0.0888. The highest BCUT2D eigenvalue weighted by molar-refractivity contribution is 8.18. The molecule has 1 heterocycles. The molecule has 1 aliphatic rings. The SMILES string of the molecule is COc1cc(/C=C2\SC(=O)N(CCOc3ccc(C)cc3)C2=O)ccc1OC(=O)c1ccccc1Cl. The maximum atomic E-state index is 12.8. The van der Waals surface area contributed by atoms with E-state index in [1.807, 2.05) is 31.2 Å². The first-order valence-corrected chi connectivity index (χ1v) is 12.1. The molecule has 0 saturated carbocycles. The van der Waals surface area contributed by atoms with Crippen LogP contribution in [0.3, 0.4) is 0 Å². The molecule has 1 aliphatic heterocycles. The van der Waals surface area contributed by atoms with Gasteiger partial charge < -0.3 is 14.2 Å². The molecule has 0 aliphatic carbocycles. The lowest BCUT2D eigenvalue weighted by atomic mass is 10.1. The van der Waals surface area contributed by atoms with Gasteiger partial charge in [0.15, 0.2) is 11.5 Å². The highest BCUT2D eigenvalue weighted by atomic mass is 35.5. The van der Waals surface area contributed by atoms with Crippen molar-refractivity contribution in [2.24, 2.45) is 0 Å². The molecule has 0 spiro atoms. The minimum absolute atomic E-state index is 0.135. The lowest BCUT2D eigenvalue weighted by molar-refractivity contribution is -0.123.